The average molecular weight is 295 g/mol. The van der Waals surface area contributed by atoms with Gasteiger partial charge in [-0.25, -0.2) is 0 Å². The molecule has 0 radical (unpaired) electrons. The van der Waals surface area contributed by atoms with E-state index in [-0.39, 0.29) is 18.4 Å². The van der Waals surface area contributed by atoms with E-state index in [0.29, 0.717) is 6.61 Å². The molecule has 0 aliphatic carbocycles. The van der Waals surface area contributed by atoms with Crippen LogP contribution in [-0.4, -0.2) is 6.61 Å². The highest BCUT2D eigenvalue weighted by Crippen LogP contribution is 2.29. The zero-order valence-electron chi connectivity index (χ0n) is 9.21. The molecule has 2 N–H and O–H groups in total. The van der Waals surface area contributed by atoms with Crippen molar-refractivity contribution in [3.8, 4) is 5.75 Å². The number of rotatable bonds is 3. The van der Waals surface area contributed by atoms with Gasteiger partial charge in [-0.05, 0) is 44.0 Å². The molecule has 1 atom stereocenters. The number of aryl methyl sites for hydroxylation is 1. The van der Waals surface area contributed by atoms with Gasteiger partial charge in [0.1, 0.15) is 5.75 Å². The zero-order valence-corrected chi connectivity index (χ0v) is 11.6. The lowest BCUT2D eigenvalue weighted by Crippen LogP contribution is -2.07. The molecule has 0 heterocycles. The fourth-order valence-corrected chi connectivity index (χ4v) is 2.15. The van der Waals surface area contributed by atoms with Crippen molar-refractivity contribution >= 4 is 28.3 Å². The number of nitrogens with two attached hydrogens (primary N) is 1. The molecule has 1 aromatic carbocycles. The predicted molar refractivity (Wildman–Crippen MR) is 69.9 cm³/mol. The SMILES string of the molecule is CCOc1cc(C(C)N)c(Br)cc1C.Cl. The van der Waals surface area contributed by atoms with Gasteiger partial charge in [0.05, 0.1) is 6.61 Å². The summed E-state index contributed by atoms with van der Waals surface area (Å²) in [4.78, 5) is 0. The maximum Gasteiger partial charge on any atom is 0.122 e. The second kappa shape index (κ2) is 6.36. The van der Waals surface area contributed by atoms with E-state index >= 15 is 0 Å². The number of hydrogen-bond acceptors (Lipinski definition) is 2. The zero-order chi connectivity index (χ0) is 10.7. The van der Waals surface area contributed by atoms with Crippen LogP contribution >= 0.6 is 28.3 Å². The maximum atomic E-state index is 5.84. The van der Waals surface area contributed by atoms with Crippen molar-refractivity contribution in [2.45, 2.75) is 26.8 Å². The molecule has 15 heavy (non-hydrogen) atoms. The van der Waals surface area contributed by atoms with E-state index in [1.54, 1.807) is 0 Å². The first-order chi connectivity index (χ1) is 6.56. The van der Waals surface area contributed by atoms with E-state index in [9.17, 15) is 0 Å². The van der Waals surface area contributed by atoms with Crippen LogP contribution in [0.1, 0.15) is 31.0 Å². The Morgan fingerprint density at radius 2 is 2.07 bits per heavy atom. The average Bonchev–Trinajstić information content (AvgIpc) is 2.09. The Morgan fingerprint density at radius 3 is 2.53 bits per heavy atom. The molecule has 0 bridgehead atoms. The molecule has 1 rings (SSSR count). The van der Waals surface area contributed by atoms with Gasteiger partial charge >= 0.3 is 0 Å². The van der Waals surface area contributed by atoms with Gasteiger partial charge in [0, 0.05) is 10.5 Å². The quantitative estimate of drug-likeness (QED) is 0.924. The van der Waals surface area contributed by atoms with Crippen LogP contribution in [0.15, 0.2) is 16.6 Å². The van der Waals surface area contributed by atoms with Crippen molar-refractivity contribution in [3.05, 3.63) is 27.7 Å². The van der Waals surface area contributed by atoms with Crippen LogP contribution in [0.5, 0.6) is 5.75 Å². The monoisotopic (exact) mass is 293 g/mol. The largest absolute Gasteiger partial charge is 0.494 e. The number of benzene rings is 1. The van der Waals surface area contributed by atoms with Crippen LogP contribution in [0.4, 0.5) is 0 Å². The summed E-state index contributed by atoms with van der Waals surface area (Å²) in [6.07, 6.45) is 0. The second-order valence-electron chi connectivity index (χ2n) is 3.36. The summed E-state index contributed by atoms with van der Waals surface area (Å²) < 4.78 is 6.56. The van der Waals surface area contributed by atoms with Gasteiger partial charge in [0.2, 0.25) is 0 Å². The van der Waals surface area contributed by atoms with Gasteiger partial charge in [-0.2, -0.15) is 0 Å². The summed E-state index contributed by atoms with van der Waals surface area (Å²) in [5, 5.41) is 0. The molecule has 2 nitrogen and oxygen atoms in total. The lowest BCUT2D eigenvalue weighted by atomic mass is 10.1. The summed E-state index contributed by atoms with van der Waals surface area (Å²) >= 11 is 3.50. The van der Waals surface area contributed by atoms with E-state index < -0.39 is 0 Å². The minimum absolute atomic E-state index is 0. The Bertz CT molecular complexity index is 329. The lowest BCUT2D eigenvalue weighted by Gasteiger charge is -2.13. The summed E-state index contributed by atoms with van der Waals surface area (Å²) in [7, 11) is 0. The Labute approximate surface area is 106 Å². The highest BCUT2D eigenvalue weighted by molar-refractivity contribution is 9.10. The minimum Gasteiger partial charge on any atom is -0.494 e. The third-order valence-electron chi connectivity index (χ3n) is 2.08. The van der Waals surface area contributed by atoms with E-state index in [1.807, 2.05) is 32.9 Å². The molecule has 0 aliphatic heterocycles. The molecule has 0 aliphatic rings. The van der Waals surface area contributed by atoms with E-state index in [0.717, 1.165) is 21.3 Å². The van der Waals surface area contributed by atoms with Gasteiger partial charge in [-0.15, -0.1) is 12.4 Å². The van der Waals surface area contributed by atoms with Crippen LogP contribution in [0.25, 0.3) is 0 Å². The van der Waals surface area contributed by atoms with Gasteiger partial charge in [0.25, 0.3) is 0 Å². The molecular formula is C11H17BrClNO. The highest BCUT2D eigenvalue weighted by Gasteiger charge is 2.09. The van der Waals surface area contributed by atoms with Crippen molar-refractivity contribution in [3.63, 3.8) is 0 Å². The standard InChI is InChI=1S/C11H16BrNO.ClH/c1-4-14-11-6-9(8(3)13)10(12)5-7(11)2;/h5-6,8H,4,13H2,1-3H3;1H. The third-order valence-corrected chi connectivity index (χ3v) is 2.77. The summed E-state index contributed by atoms with van der Waals surface area (Å²) in [5.41, 5.74) is 8.05. The molecule has 0 aromatic heterocycles. The normalized spacial score (nSPS) is 11.8. The molecule has 0 amide bonds. The van der Waals surface area contributed by atoms with Gasteiger partial charge in [-0.3, -0.25) is 0 Å². The maximum absolute atomic E-state index is 5.84. The van der Waals surface area contributed by atoms with E-state index in [4.69, 9.17) is 10.5 Å². The Kier molecular flexibility index (Phi) is 6.25. The topological polar surface area (TPSA) is 35.2 Å². The van der Waals surface area contributed by atoms with Crippen LogP contribution in [0.2, 0.25) is 0 Å². The summed E-state index contributed by atoms with van der Waals surface area (Å²) in [6.45, 7) is 6.65. The van der Waals surface area contributed by atoms with E-state index in [2.05, 4.69) is 15.9 Å². The number of halogens is 2. The summed E-state index contributed by atoms with van der Waals surface area (Å²) in [5.74, 6) is 0.919. The van der Waals surface area contributed by atoms with Crippen molar-refractivity contribution < 1.29 is 4.74 Å². The van der Waals surface area contributed by atoms with Crippen molar-refractivity contribution in [2.75, 3.05) is 6.61 Å². The second-order valence-corrected chi connectivity index (χ2v) is 4.22. The Hall–Kier alpha value is -0.250. The number of ether oxygens (including phenoxy) is 1. The Morgan fingerprint density at radius 1 is 1.47 bits per heavy atom. The van der Waals surface area contributed by atoms with Crippen molar-refractivity contribution in [1.29, 1.82) is 0 Å². The van der Waals surface area contributed by atoms with Crippen LogP contribution < -0.4 is 10.5 Å². The van der Waals surface area contributed by atoms with Gasteiger partial charge in [0.15, 0.2) is 0 Å². The fourth-order valence-electron chi connectivity index (χ4n) is 1.33. The molecule has 0 fully saturated rings. The first-order valence-electron chi connectivity index (χ1n) is 4.74. The Balaban J connectivity index is 0.00000196. The molecule has 0 saturated heterocycles. The van der Waals surface area contributed by atoms with Gasteiger partial charge < -0.3 is 10.5 Å². The van der Waals surface area contributed by atoms with Crippen molar-refractivity contribution in [1.82, 2.24) is 0 Å². The number of hydrogen-bond donors (Lipinski definition) is 1. The third kappa shape index (κ3) is 3.67. The van der Waals surface area contributed by atoms with Crippen LogP contribution in [0, 0.1) is 6.92 Å². The van der Waals surface area contributed by atoms with Gasteiger partial charge in [-0.1, -0.05) is 15.9 Å². The molecule has 0 spiro atoms. The smallest absolute Gasteiger partial charge is 0.122 e. The summed E-state index contributed by atoms with van der Waals surface area (Å²) in [6, 6.07) is 4.07. The van der Waals surface area contributed by atoms with Crippen LogP contribution in [-0.2, 0) is 0 Å². The first kappa shape index (κ1) is 14.8. The molecular weight excluding hydrogens is 277 g/mol. The first-order valence-corrected chi connectivity index (χ1v) is 5.54. The lowest BCUT2D eigenvalue weighted by molar-refractivity contribution is 0.337. The highest BCUT2D eigenvalue weighted by atomic mass is 79.9. The minimum atomic E-state index is 0. The van der Waals surface area contributed by atoms with E-state index in [1.165, 1.54) is 0 Å². The molecule has 1 unspecified atom stereocenters. The van der Waals surface area contributed by atoms with Crippen molar-refractivity contribution in [2.24, 2.45) is 5.73 Å². The molecule has 4 heteroatoms. The molecule has 0 saturated carbocycles. The fraction of sp³-hybridized carbons (Fsp3) is 0.455. The molecule has 1 aromatic rings. The van der Waals surface area contributed by atoms with Crippen LogP contribution in [0.3, 0.4) is 0 Å². The predicted octanol–water partition coefficient (Wildman–Crippen LogP) is 3.60. The molecule has 86 valence electrons.